The number of ether oxygens (including phenoxy) is 2. The van der Waals surface area contributed by atoms with Gasteiger partial charge in [0.2, 0.25) is 5.43 Å². The lowest BCUT2D eigenvalue weighted by Crippen LogP contribution is -2.42. The van der Waals surface area contributed by atoms with Gasteiger partial charge in [0, 0.05) is 24.8 Å². The first-order chi connectivity index (χ1) is 12.3. The van der Waals surface area contributed by atoms with Crippen molar-refractivity contribution in [3.8, 4) is 5.75 Å². The van der Waals surface area contributed by atoms with Gasteiger partial charge in [-0.05, 0) is 26.3 Å². The van der Waals surface area contributed by atoms with Gasteiger partial charge in [0.15, 0.2) is 5.75 Å². The van der Waals surface area contributed by atoms with E-state index in [9.17, 15) is 9.59 Å². The second kappa shape index (κ2) is 7.23. The molecular formula is C20H24N2O4. The predicted molar refractivity (Wildman–Crippen MR) is 98.1 cm³/mol. The van der Waals surface area contributed by atoms with Crippen molar-refractivity contribution < 1.29 is 14.3 Å². The van der Waals surface area contributed by atoms with E-state index in [0.717, 1.165) is 11.3 Å². The summed E-state index contributed by atoms with van der Waals surface area (Å²) in [5.41, 5.74) is 1.06. The van der Waals surface area contributed by atoms with Crippen LogP contribution in [0, 0.1) is 0 Å². The minimum Gasteiger partial charge on any atom is -0.483 e. The molecule has 2 heterocycles. The number of hydrogen-bond acceptors (Lipinski definition) is 4. The number of benzene rings is 1. The van der Waals surface area contributed by atoms with E-state index >= 15 is 0 Å². The fourth-order valence-electron chi connectivity index (χ4n) is 2.77. The van der Waals surface area contributed by atoms with Crippen LogP contribution in [0.4, 0.5) is 4.79 Å². The van der Waals surface area contributed by atoms with Crippen LogP contribution in [-0.2, 0) is 24.4 Å². The van der Waals surface area contributed by atoms with Gasteiger partial charge in [-0.3, -0.25) is 4.79 Å². The third kappa shape index (κ3) is 4.45. The predicted octanol–water partition coefficient (Wildman–Crippen LogP) is 3.18. The fraction of sp³-hybridized carbons (Fsp3) is 0.400. The molecule has 26 heavy (non-hydrogen) atoms. The van der Waals surface area contributed by atoms with Gasteiger partial charge in [-0.1, -0.05) is 30.3 Å². The Bertz CT molecular complexity index is 837. The molecule has 0 saturated heterocycles. The molecule has 1 aromatic heterocycles. The molecule has 0 radical (unpaired) electrons. The molecule has 2 aromatic rings. The zero-order valence-electron chi connectivity index (χ0n) is 15.4. The Morgan fingerprint density at radius 2 is 1.88 bits per heavy atom. The molecule has 3 rings (SSSR count). The van der Waals surface area contributed by atoms with Crippen LogP contribution in [0.2, 0.25) is 0 Å². The first-order valence-corrected chi connectivity index (χ1v) is 8.70. The van der Waals surface area contributed by atoms with Crippen LogP contribution >= 0.6 is 0 Å². The van der Waals surface area contributed by atoms with Gasteiger partial charge < -0.3 is 18.9 Å². The molecule has 1 aliphatic heterocycles. The Hall–Kier alpha value is -2.76. The number of amides is 1. The van der Waals surface area contributed by atoms with Gasteiger partial charge in [0.05, 0.1) is 12.7 Å². The highest BCUT2D eigenvalue weighted by Crippen LogP contribution is 2.18. The SMILES string of the molecule is CC(C)(C)OC(=O)N1CCn2cc(OCc3ccccc3)c(=O)cc2C1. The van der Waals surface area contributed by atoms with Gasteiger partial charge in [0.25, 0.3) is 0 Å². The van der Waals surface area contributed by atoms with Crippen LogP contribution in [0.25, 0.3) is 0 Å². The number of carbonyl (C=O) groups is 1. The lowest BCUT2D eigenvalue weighted by atomic mass is 10.2. The van der Waals surface area contributed by atoms with Crippen LogP contribution in [0.1, 0.15) is 32.0 Å². The average Bonchev–Trinajstić information content (AvgIpc) is 2.59. The molecule has 1 aromatic carbocycles. The maximum Gasteiger partial charge on any atom is 0.410 e. The van der Waals surface area contributed by atoms with Crippen LogP contribution in [0.5, 0.6) is 5.75 Å². The quantitative estimate of drug-likeness (QED) is 0.847. The lowest BCUT2D eigenvalue weighted by Gasteiger charge is -2.32. The molecule has 0 spiro atoms. The molecule has 1 aliphatic rings. The molecule has 0 N–H and O–H groups in total. The summed E-state index contributed by atoms with van der Waals surface area (Å²) in [5, 5.41) is 0. The maximum absolute atomic E-state index is 12.3. The first-order valence-electron chi connectivity index (χ1n) is 8.70. The molecule has 0 unspecified atom stereocenters. The summed E-state index contributed by atoms with van der Waals surface area (Å²) in [6, 6.07) is 11.3. The molecule has 0 aliphatic carbocycles. The van der Waals surface area contributed by atoms with E-state index in [2.05, 4.69) is 0 Å². The van der Waals surface area contributed by atoms with Crippen molar-refractivity contribution in [2.24, 2.45) is 0 Å². The number of fused-ring (bicyclic) bond motifs is 1. The average molecular weight is 356 g/mol. The Labute approximate surface area is 153 Å². The molecule has 0 atom stereocenters. The van der Waals surface area contributed by atoms with Gasteiger partial charge >= 0.3 is 6.09 Å². The van der Waals surface area contributed by atoms with Gasteiger partial charge in [-0.2, -0.15) is 0 Å². The smallest absolute Gasteiger partial charge is 0.410 e. The minimum absolute atomic E-state index is 0.182. The highest BCUT2D eigenvalue weighted by atomic mass is 16.6. The third-order valence-electron chi connectivity index (χ3n) is 4.04. The monoisotopic (exact) mass is 356 g/mol. The topological polar surface area (TPSA) is 60.8 Å². The van der Waals surface area contributed by atoms with Crippen LogP contribution in [-0.4, -0.2) is 27.7 Å². The molecular weight excluding hydrogens is 332 g/mol. The van der Waals surface area contributed by atoms with Gasteiger partial charge in [0.1, 0.15) is 12.2 Å². The summed E-state index contributed by atoms with van der Waals surface area (Å²) in [5.74, 6) is 0.323. The summed E-state index contributed by atoms with van der Waals surface area (Å²) in [6.45, 7) is 7.33. The van der Waals surface area contributed by atoms with E-state index < -0.39 is 5.60 Å². The number of carbonyl (C=O) groups excluding carboxylic acids is 1. The van der Waals surface area contributed by atoms with Crippen molar-refractivity contribution in [1.82, 2.24) is 9.47 Å². The number of nitrogens with zero attached hydrogens (tertiary/aromatic N) is 2. The van der Waals surface area contributed by atoms with Crippen LogP contribution < -0.4 is 10.2 Å². The van der Waals surface area contributed by atoms with Crippen molar-refractivity contribution in [1.29, 1.82) is 0 Å². The van der Waals surface area contributed by atoms with E-state index in [0.29, 0.717) is 32.0 Å². The van der Waals surface area contributed by atoms with E-state index in [1.807, 2.05) is 55.7 Å². The summed E-state index contributed by atoms with van der Waals surface area (Å²) in [4.78, 5) is 26.2. The molecule has 6 nitrogen and oxygen atoms in total. The molecule has 0 saturated carbocycles. The highest BCUT2D eigenvalue weighted by Gasteiger charge is 2.26. The van der Waals surface area contributed by atoms with Crippen molar-refractivity contribution >= 4 is 6.09 Å². The van der Waals surface area contributed by atoms with Crippen molar-refractivity contribution in [3.05, 3.63) is 64.1 Å². The molecule has 6 heteroatoms. The Morgan fingerprint density at radius 1 is 1.15 bits per heavy atom. The molecule has 1 amide bonds. The summed E-state index contributed by atoms with van der Waals surface area (Å²) in [6.07, 6.45) is 1.37. The summed E-state index contributed by atoms with van der Waals surface area (Å²) < 4.78 is 13.1. The second-order valence-electron chi connectivity index (χ2n) is 7.36. The fourth-order valence-corrected chi connectivity index (χ4v) is 2.77. The van der Waals surface area contributed by atoms with Crippen molar-refractivity contribution in [3.63, 3.8) is 0 Å². The van der Waals surface area contributed by atoms with Crippen LogP contribution in [0.15, 0.2) is 47.4 Å². The van der Waals surface area contributed by atoms with Gasteiger partial charge in [-0.25, -0.2) is 4.79 Å². The van der Waals surface area contributed by atoms with E-state index in [-0.39, 0.29) is 11.5 Å². The van der Waals surface area contributed by atoms with Crippen molar-refractivity contribution in [2.45, 2.75) is 46.1 Å². The Kier molecular flexibility index (Phi) is 5.02. The normalized spacial score (nSPS) is 13.9. The number of rotatable bonds is 3. The standard InChI is InChI=1S/C20H24N2O4/c1-20(2,3)26-19(24)22-10-9-21-13-18(17(23)11-16(21)12-22)25-14-15-7-5-4-6-8-15/h4-8,11,13H,9-10,12,14H2,1-3H3. The van der Waals surface area contributed by atoms with E-state index in [4.69, 9.17) is 9.47 Å². The zero-order chi connectivity index (χ0) is 18.7. The largest absolute Gasteiger partial charge is 0.483 e. The Morgan fingerprint density at radius 3 is 2.58 bits per heavy atom. The number of aromatic nitrogens is 1. The Balaban J connectivity index is 1.70. The third-order valence-corrected chi connectivity index (χ3v) is 4.04. The van der Waals surface area contributed by atoms with E-state index in [1.165, 1.54) is 6.07 Å². The number of hydrogen-bond donors (Lipinski definition) is 0. The summed E-state index contributed by atoms with van der Waals surface area (Å²) in [7, 11) is 0. The minimum atomic E-state index is -0.538. The molecule has 0 fully saturated rings. The zero-order valence-corrected chi connectivity index (χ0v) is 15.4. The van der Waals surface area contributed by atoms with Crippen molar-refractivity contribution in [2.75, 3.05) is 6.54 Å². The summed E-state index contributed by atoms with van der Waals surface area (Å²) >= 11 is 0. The maximum atomic E-state index is 12.3. The van der Waals surface area contributed by atoms with Gasteiger partial charge in [-0.15, -0.1) is 0 Å². The molecule has 138 valence electrons. The lowest BCUT2D eigenvalue weighted by molar-refractivity contribution is 0.0197. The highest BCUT2D eigenvalue weighted by molar-refractivity contribution is 5.68. The van der Waals surface area contributed by atoms with E-state index in [1.54, 1.807) is 11.1 Å². The van der Waals surface area contributed by atoms with Crippen LogP contribution in [0.3, 0.4) is 0 Å². The number of pyridine rings is 1. The molecule has 0 bridgehead atoms. The second-order valence-corrected chi connectivity index (χ2v) is 7.36. The first kappa shape index (κ1) is 18.0.